The molecule has 0 amide bonds. The first-order valence-corrected chi connectivity index (χ1v) is 7.41. The predicted molar refractivity (Wildman–Crippen MR) is 77.5 cm³/mol. The van der Waals surface area contributed by atoms with Crippen LogP contribution in [0.15, 0.2) is 0 Å². The van der Waals surface area contributed by atoms with Gasteiger partial charge in [0.05, 0.1) is 0 Å². The van der Waals surface area contributed by atoms with E-state index < -0.39 is 0 Å². The predicted octanol–water partition coefficient (Wildman–Crippen LogP) is 6.36. The molecule has 17 heavy (non-hydrogen) atoms. The van der Waals surface area contributed by atoms with Crippen LogP contribution in [0.4, 0.5) is 0 Å². The van der Waals surface area contributed by atoms with Crippen LogP contribution in [-0.4, -0.2) is 0 Å². The van der Waals surface area contributed by atoms with E-state index in [2.05, 4.69) is 27.7 Å². The van der Waals surface area contributed by atoms with Crippen LogP contribution < -0.4 is 0 Å². The quantitative estimate of drug-likeness (QED) is 0.325. The number of rotatable bonds is 10. The van der Waals surface area contributed by atoms with Gasteiger partial charge in [0.1, 0.15) is 0 Å². The molecule has 0 nitrogen and oxygen atoms in total. The first-order valence-electron chi connectivity index (χ1n) is 7.41. The van der Waals surface area contributed by atoms with E-state index in [1.807, 2.05) is 0 Å². The van der Waals surface area contributed by atoms with Crippen molar-refractivity contribution in [3.63, 3.8) is 0 Å². The zero-order chi connectivity index (χ0) is 12.5. The molecule has 0 bridgehead atoms. The fraction of sp³-hybridized carbons (Fsp3) is 0.875. The summed E-state index contributed by atoms with van der Waals surface area (Å²) in [6.45, 7) is 12.0. The molecule has 0 radical (unpaired) electrons. The molecule has 102 valence electrons. The van der Waals surface area contributed by atoms with Gasteiger partial charge in [-0.15, -0.1) is 0 Å². The molecule has 0 atom stereocenters. The number of hydrogen-bond donors (Lipinski definition) is 0. The molecule has 0 aliphatic heterocycles. The second-order valence-corrected chi connectivity index (χ2v) is 4.54. The Hall–Kier alpha value is 0.883. The van der Waals surface area contributed by atoms with E-state index in [4.69, 9.17) is 0 Å². The molecule has 0 aromatic rings. The smallest absolute Gasteiger partial charge is 0.343 e. The second-order valence-electron chi connectivity index (χ2n) is 4.54. The molecule has 0 rings (SSSR count). The van der Waals surface area contributed by atoms with Crippen LogP contribution in [0.3, 0.4) is 0 Å². The molecule has 0 aliphatic rings. The van der Waals surface area contributed by atoms with Crippen LogP contribution in [0, 0.1) is 13.8 Å². The topological polar surface area (TPSA) is 0 Å². The average molecular weight is 318 g/mol. The average Bonchev–Trinajstić information content (AvgIpc) is 2.31. The summed E-state index contributed by atoms with van der Waals surface area (Å²) < 4.78 is 0. The normalized spacial score (nSPS) is 9.18. The molecule has 0 saturated heterocycles. The Morgan fingerprint density at radius 3 is 1.06 bits per heavy atom. The number of unbranched alkanes of at least 4 members (excludes halogenated alkanes) is 10. The van der Waals surface area contributed by atoms with Crippen LogP contribution in [0.2, 0.25) is 0 Å². The Bertz CT molecular complexity index is 67.5. The Balaban J connectivity index is -0.000000218. The van der Waals surface area contributed by atoms with Gasteiger partial charge < -0.3 is 13.8 Å². The van der Waals surface area contributed by atoms with Crippen molar-refractivity contribution in [2.45, 2.75) is 90.9 Å². The van der Waals surface area contributed by atoms with Crippen molar-refractivity contribution in [1.82, 2.24) is 0 Å². The third-order valence-corrected chi connectivity index (χ3v) is 2.71. The minimum Gasteiger partial charge on any atom is -0.343 e. The zero-order valence-electron chi connectivity index (χ0n) is 12.4. The number of hydrogen-bond acceptors (Lipinski definition) is 0. The molecule has 0 saturated carbocycles. The fourth-order valence-corrected chi connectivity index (χ4v) is 1.56. The van der Waals surface area contributed by atoms with E-state index >= 15 is 0 Å². The van der Waals surface area contributed by atoms with Crippen molar-refractivity contribution < 1.29 is 26.2 Å². The molecule has 0 unspecified atom stereocenters. The maximum Gasteiger partial charge on any atom is 2.00 e. The van der Waals surface area contributed by atoms with Crippen molar-refractivity contribution in [2.24, 2.45) is 0 Å². The molecule has 0 fully saturated rings. The maximum atomic E-state index is 3.78. The van der Waals surface area contributed by atoms with Crippen molar-refractivity contribution in [1.29, 1.82) is 0 Å². The van der Waals surface area contributed by atoms with E-state index in [-0.39, 0.29) is 26.2 Å². The van der Waals surface area contributed by atoms with Crippen LogP contribution in [0.1, 0.15) is 90.9 Å². The van der Waals surface area contributed by atoms with Crippen LogP contribution in [0.5, 0.6) is 0 Å². The van der Waals surface area contributed by atoms with Crippen molar-refractivity contribution in [3.8, 4) is 0 Å². The van der Waals surface area contributed by atoms with Gasteiger partial charge in [0.2, 0.25) is 0 Å². The summed E-state index contributed by atoms with van der Waals surface area (Å²) in [7, 11) is 0. The van der Waals surface area contributed by atoms with E-state index in [1.54, 1.807) is 0 Å². The van der Waals surface area contributed by atoms with E-state index in [9.17, 15) is 0 Å². The third-order valence-electron chi connectivity index (χ3n) is 2.71. The van der Waals surface area contributed by atoms with Gasteiger partial charge in [0.25, 0.3) is 0 Å². The van der Waals surface area contributed by atoms with Crippen molar-refractivity contribution in [2.75, 3.05) is 0 Å². The fourth-order valence-electron chi connectivity index (χ4n) is 1.56. The molecule has 1 heteroatoms. The van der Waals surface area contributed by atoms with Crippen molar-refractivity contribution >= 4 is 0 Å². The van der Waals surface area contributed by atoms with Gasteiger partial charge in [-0.2, -0.15) is 12.8 Å². The van der Waals surface area contributed by atoms with E-state index in [0.29, 0.717) is 0 Å². The second kappa shape index (κ2) is 25.7. The van der Waals surface area contributed by atoms with Gasteiger partial charge in [-0.05, 0) is 0 Å². The van der Waals surface area contributed by atoms with Crippen LogP contribution in [0.25, 0.3) is 0 Å². The molecule has 0 N–H and O–H groups in total. The van der Waals surface area contributed by atoms with Gasteiger partial charge in [0.15, 0.2) is 0 Å². The Morgan fingerprint density at radius 2 is 0.824 bits per heavy atom. The molecule has 0 aromatic heterocycles. The largest absolute Gasteiger partial charge is 2.00 e. The van der Waals surface area contributed by atoms with E-state index in [1.165, 1.54) is 64.2 Å². The first kappa shape index (κ1) is 23.0. The summed E-state index contributed by atoms with van der Waals surface area (Å²) in [6, 6.07) is 0. The van der Waals surface area contributed by atoms with Crippen LogP contribution in [-0.2, 0) is 26.2 Å². The molecule has 0 spiro atoms. The Kier molecular flexibility index (Phi) is 34.7. The van der Waals surface area contributed by atoms with Gasteiger partial charge in [-0.1, -0.05) is 78.1 Å². The SMILES string of the molecule is [CH2-]CCCCCCC.[CH2-]CCCCCCC.[Zr+2]. The summed E-state index contributed by atoms with van der Waals surface area (Å²) in [5.74, 6) is 0. The summed E-state index contributed by atoms with van der Waals surface area (Å²) in [4.78, 5) is 0. The Morgan fingerprint density at radius 1 is 0.529 bits per heavy atom. The molecular weight excluding hydrogens is 283 g/mol. The summed E-state index contributed by atoms with van der Waals surface area (Å²) >= 11 is 0. The zero-order valence-corrected chi connectivity index (χ0v) is 14.9. The monoisotopic (exact) mass is 316 g/mol. The van der Waals surface area contributed by atoms with Gasteiger partial charge >= 0.3 is 26.2 Å². The standard InChI is InChI=1S/2C8H17.Zr/c2*1-3-5-7-8-6-4-2;/h2*1,3-8H2,2H3;/q2*-1;+2. The van der Waals surface area contributed by atoms with Gasteiger partial charge in [-0.25, -0.2) is 0 Å². The molecular formula is C16H34Zr. The summed E-state index contributed by atoms with van der Waals surface area (Å²) in [6.07, 6.45) is 16.0. The Labute approximate surface area is 130 Å². The summed E-state index contributed by atoms with van der Waals surface area (Å²) in [5.41, 5.74) is 0. The first-order chi connectivity index (χ1) is 7.83. The maximum absolute atomic E-state index is 3.78. The minimum atomic E-state index is 0. The molecule has 0 heterocycles. The van der Waals surface area contributed by atoms with Crippen LogP contribution >= 0.6 is 0 Å². The third kappa shape index (κ3) is 31.6. The van der Waals surface area contributed by atoms with Gasteiger partial charge in [-0.3, -0.25) is 0 Å². The summed E-state index contributed by atoms with van der Waals surface area (Å²) in [5, 5.41) is 0. The molecule has 0 aliphatic carbocycles. The van der Waals surface area contributed by atoms with Gasteiger partial charge in [0, 0.05) is 0 Å². The van der Waals surface area contributed by atoms with Crippen molar-refractivity contribution in [3.05, 3.63) is 13.8 Å². The molecule has 0 aromatic carbocycles. The minimum absolute atomic E-state index is 0. The van der Waals surface area contributed by atoms with E-state index in [0.717, 1.165) is 12.8 Å².